The van der Waals surface area contributed by atoms with Gasteiger partial charge in [-0.1, -0.05) is 0 Å². The third-order valence-electron chi connectivity index (χ3n) is 2.57. The molecule has 0 aliphatic heterocycles. The maximum absolute atomic E-state index is 4.39. The molecule has 2 aromatic heterocycles. The summed E-state index contributed by atoms with van der Waals surface area (Å²) in [5, 5.41) is 6.32. The molecule has 2 aromatic rings. The quantitative estimate of drug-likeness (QED) is 0.849. The van der Waals surface area contributed by atoms with Crippen LogP contribution in [0, 0.1) is 13.8 Å². The van der Waals surface area contributed by atoms with Gasteiger partial charge >= 0.3 is 0 Å². The summed E-state index contributed by atoms with van der Waals surface area (Å²) in [6.45, 7) is 4.46. The van der Waals surface area contributed by atoms with Gasteiger partial charge in [0.1, 0.15) is 23.8 Å². The second kappa shape index (κ2) is 5.39. The van der Waals surface area contributed by atoms with Crippen molar-refractivity contribution in [2.75, 3.05) is 17.7 Å². The van der Waals surface area contributed by atoms with Gasteiger partial charge in [0.05, 0.1) is 12.2 Å². The van der Waals surface area contributed by atoms with Gasteiger partial charge in [-0.05, 0) is 19.9 Å². The second-order valence-electron chi connectivity index (χ2n) is 3.90. The van der Waals surface area contributed by atoms with Crippen LogP contribution in [0.5, 0.6) is 0 Å². The van der Waals surface area contributed by atoms with Crippen molar-refractivity contribution in [2.45, 2.75) is 20.4 Å². The molecule has 0 saturated heterocycles. The molecule has 2 rings (SSSR count). The molecule has 2 N–H and O–H groups in total. The Bertz CT molecular complexity index is 526. The van der Waals surface area contributed by atoms with Crippen molar-refractivity contribution in [1.82, 2.24) is 19.9 Å². The van der Waals surface area contributed by atoms with Crippen LogP contribution < -0.4 is 10.6 Å². The molecule has 0 aromatic carbocycles. The van der Waals surface area contributed by atoms with Crippen molar-refractivity contribution in [3.63, 3.8) is 0 Å². The average Bonchev–Trinajstić information content (AvgIpc) is 2.40. The number of rotatable bonds is 4. The Morgan fingerprint density at radius 1 is 1.17 bits per heavy atom. The predicted molar refractivity (Wildman–Crippen MR) is 70.4 cm³/mol. The highest BCUT2D eigenvalue weighted by Crippen LogP contribution is 2.19. The lowest BCUT2D eigenvalue weighted by atomic mass is 10.3. The van der Waals surface area contributed by atoms with Crippen LogP contribution >= 0.6 is 0 Å². The highest BCUT2D eigenvalue weighted by molar-refractivity contribution is 5.56. The Hall–Kier alpha value is -2.24. The summed E-state index contributed by atoms with van der Waals surface area (Å²) in [6.07, 6.45) is 3.26. The monoisotopic (exact) mass is 244 g/mol. The average molecular weight is 244 g/mol. The van der Waals surface area contributed by atoms with Crippen molar-refractivity contribution in [3.05, 3.63) is 35.7 Å². The van der Waals surface area contributed by atoms with Crippen molar-refractivity contribution in [2.24, 2.45) is 0 Å². The van der Waals surface area contributed by atoms with Gasteiger partial charge in [0.15, 0.2) is 0 Å². The summed E-state index contributed by atoms with van der Waals surface area (Å²) in [6, 6.07) is 1.87. The van der Waals surface area contributed by atoms with Gasteiger partial charge in [-0.25, -0.2) is 19.9 Å². The van der Waals surface area contributed by atoms with Crippen LogP contribution in [0.1, 0.15) is 17.1 Å². The molecule has 0 unspecified atom stereocenters. The van der Waals surface area contributed by atoms with E-state index in [0.29, 0.717) is 6.54 Å². The van der Waals surface area contributed by atoms with Gasteiger partial charge in [0.25, 0.3) is 0 Å². The molecular formula is C12H16N6. The number of anilines is 2. The summed E-state index contributed by atoms with van der Waals surface area (Å²) in [5.41, 5.74) is 1.92. The Morgan fingerprint density at radius 2 is 1.94 bits per heavy atom. The van der Waals surface area contributed by atoms with Gasteiger partial charge < -0.3 is 10.6 Å². The normalized spacial score (nSPS) is 10.2. The Balaban J connectivity index is 2.17. The molecular weight excluding hydrogens is 228 g/mol. The van der Waals surface area contributed by atoms with Crippen LogP contribution in [0.15, 0.2) is 18.6 Å². The van der Waals surface area contributed by atoms with E-state index in [1.807, 2.05) is 27.0 Å². The first-order chi connectivity index (χ1) is 8.70. The van der Waals surface area contributed by atoms with E-state index >= 15 is 0 Å². The largest absolute Gasteiger partial charge is 0.373 e. The minimum absolute atomic E-state index is 0.614. The van der Waals surface area contributed by atoms with Gasteiger partial charge in [-0.2, -0.15) is 0 Å². The number of hydrogen-bond donors (Lipinski definition) is 2. The molecule has 0 radical (unpaired) electrons. The fourth-order valence-electron chi connectivity index (χ4n) is 1.64. The zero-order valence-corrected chi connectivity index (χ0v) is 10.7. The van der Waals surface area contributed by atoms with E-state index in [4.69, 9.17) is 0 Å². The molecule has 0 spiro atoms. The maximum Gasteiger partial charge on any atom is 0.135 e. The lowest BCUT2D eigenvalue weighted by Crippen LogP contribution is -2.09. The third-order valence-corrected chi connectivity index (χ3v) is 2.57. The lowest BCUT2D eigenvalue weighted by molar-refractivity contribution is 0.967. The molecule has 6 heteroatoms. The van der Waals surface area contributed by atoms with Crippen LogP contribution in [0.4, 0.5) is 11.6 Å². The third kappa shape index (κ3) is 2.71. The molecule has 0 fully saturated rings. The standard InChI is InChI=1S/C12H16N6/c1-8-11(13-3)17-9(2)18-12(8)15-6-10-4-5-14-7-16-10/h4-5,7H,6H2,1-3H3,(H2,13,15,17,18). The first-order valence-electron chi connectivity index (χ1n) is 5.72. The number of aryl methyl sites for hydroxylation is 1. The molecule has 0 aliphatic carbocycles. The summed E-state index contributed by atoms with van der Waals surface area (Å²) in [7, 11) is 1.85. The first kappa shape index (κ1) is 12.2. The molecule has 6 nitrogen and oxygen atoms in total. The number of hydrogen-bond acceptors (Lipinski definition) is 6. The highest BCUT2D eigenvalue weighted by Gasteiger charge is 2.07. The maximum atomic E-state index is 4.39. The molecule has 0 saturated carbocycles. The van der Waals surface area contributed by atoms with E-state index in [1.54, 1.807) is 6.20 Å². The zero-order valence-electron chi connectivity index (χ0n) is 10.7. The van der Waals surface area contributed by atoms with E-state index in [-0.39, 0.29) is 0 Å². The molecule has 0 amide bonds. The zero-order chi connectivity index (χ0) is 13.0. The number of aromatic nitrogens is 4. The fourth-order valence-corrected chi connectivity index (χ4v) is 1.64. The number of nitrogens with zero attached hydrogens (tertiary/aromatic N) is 4. The van der Waals surface area contributed by atoms with Gasteiger partial charge in [0.2, 0.25) is 0 Å². The summed E-state index contributed by atoms with van der Waals surface area (Å²) < 4.78 is 0. The van der Waals surface area contributed by atoms with E-state index in [9.17, 15) is 0 Å². The van der Waals surface area contributed by atoms with Crippen LogP contribution in [0.3, 0.4) is 0 Å². The number of nitrogens with one attached hydrogen (secondary N) is 2. The van der Waals surface area contributed by atoms with E-state index < -0.39 is 0 Å². The highest BCUT2D eigenvalue weighted by atomic mass is 15.1. The summed E-state index contributed by atoms with van der Waals surface area (Å²) >= 11 is 0. The minimum Gasteiger partial charge on any atom is -0.373 e. The minimum atomic E-state index is 0.614. The van der Waals surface area contributed by atoms with Crippen LogP contribution in [0.25, 0.3) is 0 Å². The van der Waals surface area contributed by atoms with Gasteiger partial charge in [0, 0.05) is 18.8 Å². The second-order valence-corrected chi connectivity index (χ2v) is 3.90. The fraction of sp³-hybridized carbons (Fsp3) is 0.333. The molecule has 0 bridgehead atoms. The van der Waals surface area contributed by atoms with Crippen molar-refractivity contribution in [1.29, 1.82) is 0 Å². The van der Waals surface area contributed by atoms with Crippen molar-refractivity contribution < 1.29 is 0 Å². The molecule has 0 aliphatic rings. The van der Waals surface area contributed by atoms with Crippen molar-refractivity contribution in [3.8, 4) is 0 Å². The SMILES string of the molecule is CNc1nc(C)nc(NCc2ccncn2)c1C. The van der Waals surface area contributed by atoms with Gasteiger partial charge in [-0.15, -0.1) is 0 Å². The van der Waals surface area contributed by atoms with Crippen molar-refractivity contribution >= 4 is 11.6 Å². The van der Waals surface area contributed by atoms with Crippen LogP contribution in [-0.4, -0.2) is 27.0 Å². The van der Waals surface area contributed by atoms with E-state index in [1.165, 1.54) is 6.33 Å². The molecule has 2 heterocycles. The van der Waals surface area contributed by atoms with E-state index in [2.05, 4.69) is 30.6 Å². The van der Waals surface area contributed by atoms with Crippen LogP contribution in [-0.2, 0) is 6.54 Å². The Labute approximate surface area is 106 Å². The predicted octanol–water partition coefficient (Wildman–Crippen LogP) is 1.54. The molecule has 0 atom stereocenters. The molecule has 94 valence electrons. The van der Waals surface area contributed by atoms with Gasteiger partial charge in [-0.3, -0.25) is 0 Å². The lowest BCUT2D eigenvalue weighted by Gasteiger charge is -2.12. The Kier molecular flexibility index (Phi) is 3.66. The Morgan fingerprint density at radius 3 is 2.61 bits per heavy atom. The van der Waals surface area contributed by atoms with E-state index in [0.717, 1.165) is 28.7 Å². The summed E-state index contributed by atoms with van der Waals surface area (Å²) in [5.74, 6) is 2.40. The van der Waals surface area contributed by atoms with Crippen LogP contribution in [0.2, 0.25) is 0 Å². The first-order valence-corrected chi connectivity index (χ1v) is 5.72. The summed E-state index contributed by atoms with van der Waals surface area (Å²) in [4.78, 5) is 16.8. The smallest absolute Gasteiger partial charge is 0.135 e. The topological polar surface area (TPSA) is 75.6 Å². The molecule has 18 heavy (non-hydrogen) atoms.